The number of nitrogens with zero attached hydrogens (tertiary/aromatic N) is 2. The number of benzene rings is 1. The molecule has 1 aromatic rings. The fourth-order valence-corrected chi connectivity index (χ4v) is 3.72. The van der Waals surface area contributed by atoms with Crippen LogP contribution in [0.3, 0.4) is 0 Å². The molecule has 0 N–H and O–H groups in total. The molecule has 0 saturated heterocycles. The number of nitriles is 2. The van der Waals surface area contributed by atoms with Gasteiger partial charge in [-0.05, 0) is 56.2 Å². The molecular weight excluding hydrogens is 300 g/mol. The molecule has 1 saturated carbocycles. The van der Waals surface area contributed by atoms with Gasteiger partial charge in [0, 0.05) is 12.0 Å². The van der Waals surface area contributed by atoms with Crippen molar-refractivity contribution in [2.75, 3.05) is 7.11 Å². The van der Waals surface area contributed by atoms with E-state index >= 15 is 0 Å². The van der Waals surface area contributed by atoms with E-state index in [-0.39, 0.29) is 6.10 Å². The molecule has 2 aliphatic carbocycles. The second-order valence-electron chi connectivity index (χ2n) is 6.64. The second kappa shape index (κ2) is 6.97. The van der Waals surface area contributed by atoms with Crippen LogP contribution in [0.4, 0.5) is 0 Å². The van der Waals surface area contributed by atoms with Crippen LogP contribution in [0.1, 0.15) is 50.5 Å². The average molecular weight is 322 g/mol. The molecule has 0 spiro atoms. The van der Waals surface area contributed by atoms with Crippen molar-refractivity contribution in [2.45, 2.75) is 56.5 Å². The molecule has 0 aromatic heterocycles. The summed E-state index contributed by atoms with van der Waals surface area (Å²) < 4.78 is 11.6. The Labute approximate surface area is 143 Å². The topological polar surface area (TPSA) is 66.0 Å². The van der Waals surface area contributed by atoms with Gasteiger partial charge in [-0.15, -0.1) is 0 Å². The summed E-state index contributed by atoms with van der Waals surface area (Å²) in [4.78, 5) is 0. The first-order valence-electron chi connectivity index (χ1n) is 8.56. The molecule has 4 nitrogen and oxygen atoms in total. The van der Waals surface area contributed by atoms with Crippen LogP contribution in [0.25, 0.3) is 0 Å². The summed E-state index contributed by atoms with van der Waals surface area (Å²) in [6.07, 6.45) is 8.65. The lowest BCUT2D eigenvalue weighted by molar-refractivity contribution is 0.200. The van der Waals surface area contributed by atoms with Crippen LogP contribution in [-0.2, 0) is 5.41 Å². The molecule has 0 amide bonds. The Morgan fingerprint density at radius 1 is 1.17 bits per heavy atom. The number of rotatable bonds is 4. The maximum atomic E-state index is 9.85. The lowest BCUT2D eigenvalue weighted by Gasteiger charge is -2.30. The van der Waals surface area contributed by atoms with Crippen molar-refractivity contribution < 1.29 is 9.47 Å². The molecule has 1 fully saturated rings. The third-order valence-corrected chi connectivity index (χ3v) is 5.12. The van der Waals surface area contributed by atoms with Gasteiger partial charge in [0.15, 0.2) is 11.5 Å². The highest BCUT2D eigenvalue weighted by Gasteiger charge is 2.36. The minimum absolute atomic E-state index is 0.230. The van der Waals surface area contributed by atoms with E-state index in [9.17, 15) is 10.5 Å². The molecule has 1 aromatic carbocycles. The predicted molar refractivity (Wildman–Crippen MR) is 90.7 cm³/mol. The van der Waals surface area contributed by atoms with Crippen molar-refractivity contribution in [3.05, 3.63) is 35.4 Å². The van der Waals surface area contributed by atoms with Crippen molar-refractivity contribution in [1.29, 1.82) is 10.5 Å². The van der Waals surface area contributed by atoms with Gasteiger partial charge in [0.25, 0.3) is 0 Å². The van der Waals surface area contributed by atoms with Crippen molar-refractivity contribution >= 4 is 0 Å². The Morgan fingerprint density at radius 3 is 2.62 bits per heavy atom. The number of hydrogen-bond acceptors (Lipinski definition) is 4. The molecule has 1 unspecified atom stereocenters. The fraction of sp³-hybridized carbons (Fsp3) is 0.500. The Kier molecular flexibility index (Phi) is 4.76. The standard InChI is InChI=1S/C20H22N2O2/c1-23-18-9-8-16(11-19(18)24-17-6-2-3-7-17)20(14-22)10-4-5-15(12-20)13-21/h5,8-9,11,17H,2-4,6-7,10,12H2,1H3. The van der Waals surface area contributed by atoms with Gasteiger partial charge in [-0.25, -0.2) is 0 Å². The number of allylic oxidation sites excluding steroid dienone is 2. The Balaban J connectivity index is 1.94. The molecule has 24 heavy (non-hydrogen) atoms. The van der Waals surface area contributed by atoms with E-state index in [1.807, 2.05) is 24.3 Å². The normalized spacial score (nSPS) is 23.9. The highest BCUT2D eigenvalue weighted by atomic mass is 16.5. The summed E-state index contributed by atoms with van der Waals surface area (Å²) in [7, 11) is 1.63. The van der Waals surface area contributed by atoms with E-state index in [0.717, 1.165) is 31.2 Å². The second-order valence-corrected chi connectivity index (χ2v) is 6.64. The molecule has 4 heteroatoms. The van der Waals surface area contributed by atoms with Crippen LogP contribution < -0.4 is 9.47 Å². The zero-order chi connectivity index (χ0) is 17.0. The van der Waals surface area contributed by atoms with Crippen LogP contribution in [-0.4, -0.2) is 13.2 Å². The summed E-state index contributed by atoms with van der Waals surface area (Å²) >= 11 is 0. The van der Waals surface area contributed by atoms with Gasteiger partial charge in [0.2, 0.25) is 0 Å². The van der Waals surface area contributed by atoms with Crippen LogP contribution in [0.15, 0.2) is 29.8 Å². The summed E-state index contributed by atoms with van der Waals surface area (Å²) in [6, 6.07) is 10.4. The quantitative estimate of drug-likeness (QED) is 0.823. The van der Waals surface area contributed by atoms with E-state index in [1.165, 1.54) is 12.8 Å². The smallest absolute Gasteiger partial charge is 0.161 e. The van der Waals surface area contributed by atoms with Crippen LogP contribution >= 0.6 is 0 Å². The summed E-state index contributed by atoms with van der Waals surface area (Å²) in [5.41, 5.74) is 0.955. The third kappa shape index (κ3) is 3.10. The van der Waals surface area contributed by atoms with E-state index in [2.05, 4.69) is 12.1 Å². The molecule has 0 radical (unpaired) electrons. The summed E-state index contributed by atoms with van der Waals surface area (Å²) in [6.45, 7) is 0. The summed E-state index contributed by atoms with van der Waals surface area (Å²) in [5.74, 6) is 1.41. The first kappa shape index (κ1) is 16.4. The number of ether oxygens (including phenoxy) is 2. The first-order chi connectivity index (χ1) is 11.7. The lowest BCUT2D eigenvalue weighted by Crippen LogP contribution is -2.27. The maximum Gasteiger partial charge on any atom is 0.161 e. The van der Waals surface area contributed by atoms with Gasteiger partial charge in [-0.2, -0.15) is 10.5 Å². The number of methoxy groups -OCH3 is 1. The zero-order valence-electron chi connectivity index (χ0n) is 14.0. The number of hydrogen-bond donors (Lipinski definition) is 0. The van der Waals surface area contributed by atoms with Gasteiger partial charge >= 0.3 is 0 Å². The monoisotopic (exact) mass is 322 g/mol. The molecule has 2 aliphatic rings. The highest BCUT2D eigenvalue weighted by molar-refractivity contribution is 5.49. The zero-order valence-corrected chi connectivity index (χ0v) is 14.0. The van der Waals surface area contributed by atoms with Gasteiger partial charge in [0.1, 0.15) is 0 Å². The van der Waals surface area contributed by atoms with Gasteiger partial charge < -0.3 is 9.47 Å². The Hall–Kier alpha value is -2.46. The van der Waals surface area contributed by atoms with Crippen molar-refractivity contribution in [3.63, 3.8) is 0 Å². The lowest BCUT2D eigenvalue weighted by atomic mass is 9.70. The van der Waals surface area contributed by atoms with Crippen molar-refractivity contribution in [2.24, 2.45) is 0 Å². The predicted octanol–water partition coefficient (Wildman–Crippen LogP) is 4.41. The third-order valence-electron chi connectivity index (χ3n) is 5.12. The molecular formula is C20H22N2O2. The van der Waals surface area contributed by atoms with Crippen molar-refractivity contribution in [3.8, 4) is 23.6 Å². The molecule has 124 valence electrons. The molecule has 0 aliphatic heterocycles. The summed E-state index contributed by atoms with van der Waals surface area (Å²) in [5, 5.41) is 19.1. The molecule has 3 rings (SSSR count). The van der Waals surface area contributed by atoms with Crippen molar-refractivity contribution in [1.82, 2.24) is 0 Å². The molecule has 1 atom stereocenters. The Morgan fingerprint density at radius 2 is 1.96 bits per heavy atom. The van der Waals surface area contributed by atoms with Gasteiger partial charge in [0.05, 0.1) is 30.8 Å². The van der Waals surface area contributed by atoms with E-state index in [4.69, 9.17) is 9.47 Å². The fourth-order valence-electron chi connectivity index (χ4n) is 3.72. The minimum Gasteiger partial charge on any atom is -0.493 e. The van der Waals surface area contributed by atoms with E-state index in [0.29, 0.717) is 23.5 Å². The molecule has 0 bridgehead atoms. The van der Waals surface area contributed by atoms with E-state index < -0.39 is 5.41 Å². The van der Waals surface area contributed by atoms with Crippen LogP contribution in [0.2, 0.25) is 0 Å². The van der Waals surface area contributed by atoms with E-state index in [1.54, 1.807) is 7.11 Å². The maximum absolute atomic E-state index is 9.85. The minimum atomic E-state index is -0.653. The van der Waals surface area contributed by atoms with Gasteiger partial charge in [-0.1, -0.05) is 12.1 Å². The highest BCUT2D eigenvalue weighted by Crippen LogP contribution is 2.42. The largest absolute Gasteiger partial charge is 0.493 e. The van der Waals surface area contributed by atoms with Crippen LogP contribution in [0, 0.1) is 22.7 Å². The SMILES string of the molecule is COc1ccc(C2(C#N)CCC=C(C#N)C2)cc1OC1CCCC1. The van der Waals surface area contributed by atoms with Crippen LogP contribution in [0.5, 0.6) is 11.5 Å². The van der Waals surface area contributed by atoms with Gasteiger partial charge in [-0.3, -0.25) is 0 Å². The molecule has 0 heterocycles. The Bertz CT molecular complexity index is 720. The first-order valence-corrected chi connectivity index (χ1v) is 8.56. The average Bonchev–Trinajstić information content (AvgIpc) is 3.14.